The largest absolute Gasteiger partial charge is 0.380 e. The molecule has 0 bridgehead atoms. The minimum atomic E-state index is 0.553. The fourth-order valence-corrected chi connectivity index (χ4v) is 3.98. The van der Waals surface area contributed by atoms with Gasteiger partial charge in [0.05, 0.1) is 11.2 Å². The van der Waals surface area contributed by atoms with E-state index in [9.17, 15) is 0 Å². The molecule has 2 aromatic heterocycles. The Bertz CT molecular complexity index is 605. The SMILES string of the molecule is CSC1CCCC(Nc2ccnc3cc(Br)cnc23)C1. The highest BCUT2D eigenvalue weighted by atomic mass is 79.9. The summed E-state index contributed by atoms with van der Waals surface area (Å²) in [6.45, 7) is 0. The van der Waals surface area contributed by atoms with Gasteiger partial charge >= 0.3 is 0 Å². The summed E-state index contributed by atoms with van der Waals surface area (Å²) < 4.78 is 0.967. The van der Waals surface area contributed by atoms with E-state index in [-0.39, 0.29) is 0 Å². The minimum absolute atomic E-state index is 0.553. The molecular weight excluding hydrogens is 334 g/mol. The van der Waals surface area contributed by atoms with Crippen molar-refractivity contribution < 1.29 is 0 Å². The molecule has 1 fully saturated rings. The van der Waals surface area contributed by atoms with Crippen molar-refractivity contribution in [2.75, 3.05) is 11.6 Å². The first kappa shape index (κ1) is 14.1. The Kier molecular flexibility index (Phi) is 4.46. The van der Waals surface area contributed by atoms with Crippen LogP contribution in [-0.2, 0) is 0 Å². The lowest BCUT2D eigenvalue weighted by atomic mass is 9.94. The summed E-state index contributed by atoms with van der Waals surface area (Å²) in [4.78, 5) is 8.90. The lowest BCUT2D eigenvalue weighted by Gasteiger charge is -2.29. The van der Waals surface area contributed by atoms with Crippen molar-refractivity contribution >= 4 is 44.4 Å². The summed E-state index contributed by atoms with van der Waals surface area (Å²) in [6, 6.07) is 4.60. The predicted molar refractivity (Wildman–Crippen MR) is 90.4 cm³/mol. The first-order valence-electron chi connectivity index (χ1n) is 6.96. The van der Waals surface area contributed by atoms with Crippen molar-refractivity contribution in [2.24, 2.45) is 0 Å². The van der Waals surface area contributed by atoms with Crippen LogP contribution in [0.15, 0.2) is 29.0 Å². The average Bonchev–Trinajstić information content (AvgIpc) is 2.47. The molecule has 1 aliphatic rings. The number of halogens is 1. The van der Waals surface area contributed by atoms with Gasteiger partial charge in [-0.3, -0.25) is 9.97 Å². The number of hydrogen-bond donors (Lipinski definition) is 1. The maximum atomic E-state index is 4.51. The Morgan fingerprint density at radius 1 is 1.35 bits per heavy atom. The number of hydrogen-bond acceptors (Lipinski definition) is 4. The summed E-state index contributed by atoms with van der Waals surface area (Å²) in [5.41, 5.74) is 3.00. The molecule has 2 heterocycles. The monoisotopic (exact) mass is 351 g/mol. The molecule has 1 saturated carbocycles. The van der Waals surface area contributed by atoms with Gasteiger partial charge in [0.25, 0.3) is 0 Å². The fraction of sp³-hybridized carbons (Fsp3) is 0.467. The molecule has 0 aliphatic heterocycles. The molecule has 5 heteroatoms. The van der Waals surface area contributed by atoms with Crippen LogP contribution in [-0.4, -0.2) is 27.5 Å². The molecule has 2 aromatic rings. The lowest BCUT2D eigenvalue weighted by molar-refractivity contribution is 0.474. The van der Waals surface area contributed by atoms with Gasteiger partial charge in [0.1, 0.15) is 5.52 Å². The van der Waals surface area contributed by atoms with Gasteiger partial charge in [-0.15, -0.1) is 0 Å². The van der Waals surface area contributed by atoms with E-state index >= 15 is 0 Å². The number of anilines is 1. The van der Waals surface area contributed by atoms with E-state index in [4.69, 9.17) is 0 Å². The van der Waals surface area contributed by atoms with E-state index in [1.54, 1.807) is 0 Å². The average molecular weight is 352 g/mol. The van der Waals surface area contributed by atoms with Gasteiger partial charge in [-0.2, -0.15) is 11.8 Å². The molecule has 3 nitrogen and oxygen atoms in total. The number of thioether (sulfide) groups is 1. The molecule has 3 rings (SSSR count). The van der Waals surface area contributed by atoms with Crippen LogP contribution in [0.5, 0.6) is 0 Å². The van der Waals surface area contributed by atoms with Crippen LogP contribution in [0.3, 0.4) is 0 Å². The second-order valence-electron chi connectivity index (χ2n) is 5.25. The Labute approximate surface area is 132 Å². The molecule has 0 aromatic carbocycles. The molecule has 2 atom stereocenters. The molecule has 0 spiro atoms. The van der Waals surface area contributed by atoms with Crippen LogP contribution >= 0.6 is 27.7 Å². The molecule has 20 heavy (non-hydrogen) atoms. The third kappa shape index (κ3) is 3.09. The zero-order valence-electron chi connectivity index (χ0n) is 11.5. The number of rotatable bonds is 3. The number of nitrogens with one attached hydrogen (secondary N) is 1. The number of aromatic nitrogens is 2. The van der Waals surface area contributed by atoms with E-state index in [1.165, 1.54) is 25.7 Å². The second-order valence-corrected chi connectivity index (χ2v) is 7.30. The summed E-state index contributed by atoms with van der Waals surface area (Å²) >= 11 is 5.44. The van der Waals surface area contributed by atoms with Crippen LogP contribution < -0.4 is 5.32 Å². The topological polar surface area (TPSA) is 37.8 Å². The van der Waals surface area contributed by atoms with Gasteiger partial charge in [-0.05, 0) is 53.6 Å². The van der Waals surface area contributed by atoms with Gasteiger partial charge < -0.3 is 5.32 Å². The van der Waals surface area contributed by atoms with E-state index in [0.717, 1.165) is 26.4 Å². The molecule has 0 radical (unpaired) electrons. The van der Waals surface area contributed by atoms with Gasteiger partial charge in [-0.1, -0.05) is 6.42 Å². The molecule has 0 amide bonds. The third-order valence-electron chi connectivity index (χ3n) is 3.86. The Morgan fingerprint density at radius 3 is 3.10 bits per heavy atom. The predicted octanol–water partition coefficient (Wildman–Crippen LogP) is 4.48. The zero-order valence-corrected chi connectivity index (χ0v) is 13.9. The van der Waals surface area contributed by atoms with Crippen molar-refractivity contribution in [1.82, 2.24) is 9.97 Å². The number of pyridine rings is 2. The van der Waals surface area contributed by atoms with Gasteiger partial charge in [0, 0.05) is 28.2 Å². The standard InChI is InChI=1S/C15H18BrN3S/c1-20-12-4-2-3-11(8-12)19-13-5-6-17-14-7-10(16)9-18-15(13)14/h5-7,9,11-12H,2-4,8H2,1H3,(H,17,19). The quantitative estimate of drug-likeness (QED) is 0.884. The fourth-order valence-electron chi connectivity index (χ4n) is 2.83. The van der Waals surface area contributed by atoms with E-state index < -0.39 is 0 Å². The van der Waals surface area contributed by atoms with Crippen molar-refractivity contribution in [3.8, 4) is 0 Å². The van der Waals surface area contributed by atoms with Crippen molar-refractivity contribution in [3.63, 3.8) is 0 Å². The Morgan fingerprint density at radius 2 is 2.25 bits per heavy atom. The summed E-state index contributed by atoms with van der Waals surface area (Å²) in [6.07, 6.45) is 11.0. The lowest BCUT2D eigenvalue weighted by Crippen LogP contribution is -2.28. The van der Waals surface area contributed by atoms with E-state index in [1.807, 2.05) is 36.3 Å². The molecule has 106 valence electrons. The molecular formula is C15H18BrN3S. The van der Waals surface area contributed by atoms with E-state index in [0.29, 0.717) is 6.04 Å². The van der Waals surface area contributed by atoms with Gasteiger partial charge in [-0.25, -0.2) is 0 Å². The normalized spacial score (nSPS) is 22.9. The maximum absolute atomic E-state index is 4.51. The third-order valence-corrected chi connectivity index (χ3v) is 5.39. The second kappa shape index (κ2) is 6.31. The van der Waals surface area contributed by atoms with Crippen LogP contribution in [0.1, 0.15) is 25.7 Å². The smallest absolute Gasteiger partial charge is 0.112 e. The molecule has 1 aliphatic carbocycles. The van der Waals surface area contributed by atoms with Crippen LogP contribution in [0.2, 0.25) is 0 Å². The Hall–Kier alpha value is -0.810. The summed E-state index contributed by atoms with van der Waals surface area (Å²) in [5.74, 6) is 0. The molecule has 1 N–H and O–H groups in total. The first-order chi connectivity index (χ1) is 9.76. The molecule has 2 unspecified atom stereocenters. The highest BCUT2D eigenvalue weighted by Crippen LogP contribution is 2.30. The van der Waals surface area contributed by atoms with Crippen molar-refractivity contribution in [2.45, 2.75) is 37.0 Å². The number of nitrogens with zero attached hydrogens (tertiary/aromatic N) is 2. The maximum Gasteiger partial charge on any atom is 0.112 e. The van der Waals surface area contributed by atoms with Crippen LogP contribution in [0, 0.1) is 0 Å². The number of fused-ring (bicyclic) bond motifs is 1. The Balaban J connectivity index is 1.83. The van der Waals surface area contributed by atoms with Crippen molar-refractivity contribution in [3.05, 3.63) is 29.0 Å². The first-order valence-corrected chi connectivity index (χ1v) is 9.04. The highest BCUT2D eigenvalue weighted by Gasteiger charge is 2.21. The minimum Gasteiger partial charge on any atom is -0.380 e. The van der Waals surface area contributed by atoms with Crippen LogP contribution in [0.25, 0.3) is 11.0 Å². The highest BCUT2D eigenvalue weighted by molar-refractivity contribution is 9.10. The van der Waals surface area contributed by atoms with Gasteiger partial charge in [0.15, 0.2) is 0 Å². The summed E-state index contributed by atoms with van der Waals surface area (Å²) in [7, 11) is 0. The molecule has 0 saturated heterocycles. The van der Waals surface area contributed by atoms with Gasteiger partial charge in [0.2, 0.25) is 0 Å². The summed E-state index contributed by atoms with van der Waals surface area (Å²) in [5, 5.41) is 4.46. The van der Waals surface area contributed by atoms with Crippen LogP contribution in [0.4, 0.5) is 5.69 Å². The van der Waals surface area contributed by atoms with E-state index in [2.05, 4.69) is 37.5 Å². The zero-order chi connectivity index (χ0) is 13.9. The van der Waals surface area contributed by atoms with Crippen molar-refractivity contribution in [1.29, 1.82) is 0 Å².